The second-order valence-corrected chi connectivity index (χ2v) is 7.75. The van der Waals surface area contributed by atoms with Crippen molar-refractivity contribution in [3.63, 3.8) is 0 Å². The molecule has 30 heavy (non-hydrogen) atoms. The molecule has 0 spiro atoms. The molecule has 2 heterocycles. The molecule has 0 saturated carbocycles. The number of benzene rings is 1. The number of rotatable bonds is 6. The van der Waals surface area contributed by atoms with Crippen molar-refractivity contribution in [2.45, 2.75) is 31.6 Å². The van der Waals surface area contributed by atoms with Crippen molar-refractivity contribution in [1.82, 2.24) is 9.97 Å². The molecule has 3 rings (SSSR count). The van der Waals surface area contributed by atoms with Crippen LogP contribution in [0.15, 0.2) is 53.8 Å². The summed E-state index contributed by atoms with van der Waals surface area (Å²) < 4.78 is 0. The van der Waals surface area contributed by atoms with Crippen LogP contribution in [-0.4, -0.2) is 26.9 Å². The predicted molar refractivity (Wildman–Crippen MR) is 118 cm³/mol. The first-order valence-corrected chi connectivity index (χ1v) is 10.2. The van der Waals surface area contributed by atoms with Crippen molar-refractivity contribution >= 4 is 35.1 Å². The number of aromatic hydroxyl groups is 1. The molecule has 0 saturated heterocycles. The van der Waals surface area contributed by atoms with Crippen molar-refractivity contribution in [2.24, 2.45) is 0 Å². The zero-order chi connectivity index (χ0) is 21.7. The van der Waals surface area contributed by atoms with Crippen LogP contribution in [0.25, 0.3) is 0 Å². The van der Waals surface area contributed by atoms with Crippen LogP contribution < -0.4 is 10.6 Å². The normalized spacial score (nSPS) is 10.5. The Morgan fingerprint density at radius 2 is 1.77 bits per heavy atom. The molecule has 0 aliphatic heterocycles. The van der Waals surface area contributed by atoms with Gasteiger partial charge in [0.25, 0.3) is 5.91 Å². The Balaban J connectivity index is 1.74. The molecule has 0 radical (unpaired) electrons. The summed E-state index contributed by atoms with van der Waals surface area (Å²) in [4.78, 5) is 32.5. The number of phenolic OH excluding ortho intramolecular Hbond substituents is 1. The van der Waals surface area contributed by atoms with Crippen LogP contribution in [0.2, 0.25) is 0 Å². The van der Waals surface area contributed by atoms with E-state index in [9.17, 15) is 14.7 Å². The number of aromatic nitrogens is 2. The van der Waals surface area contributed by atoms with Crippen molar-refractivity contribution in [2.75, 3.05) is 10.6 Å². The fraction of sp³-hybridized carbons (Fsp3) is 0.182. The summed E-state index contributed by atoms with van der Waals surface area (Å²) in [6.07, 6.45) is 3.27. The maximum Gasteiger partial charge on any atom is 0.258 e. The number of anilines is 2. The lowest BCUT2D eigenvalue weighted by atomic mass is 10.1. The number of phenols is 1. The minimum absolute atomic E-state index is 0.185. The largest absolute Gasteiger partial charge is 0.507 e. The number of amides is 2. The average molecular weight is 423 g/mol. The highest BCUT2D eigenvalue weighted by Gasteiger charge is 2.14. The quantitative estimate of drug-likeness (QED) is 0.404. The Bertz CT molecular complexity index is 1080. The Morgan fingerprint density at radius 1 is 1.03 bits per heavy atom. The van der Waals surface area contributed by atoms with E-state index in [0.717, 1.165) is 5.56 Å². The number of nitrogens with zero attached hydrogens (tertiary/aromatic N) is 2. The minimum atomic E-state index is -0.274. The summed E-state index contributed by atoms with van der Waals surface area (Å²) in [7, 11) is 0. The number of carbonyl (C=O) groups excluding carboxylic acids is 2. The van der Waals surface area contributed by atoms with Crippen LogP contribution in [0.1, 0.15) is 34.0 Å². The summed E-state index contributed by atoms with van der Waals surface area (Å²) in [5, 5.41) is 16.0. The molecule has 154 valence electrons. The molecule has 3 N–H and O–H groups in total. The summed E-state index contributed by atoms with van der Waals surface area (Å²) in [5.74, 6) is 0.808. The number of carbonyl (C=O) groups is 2. The molecular formula is C22H22N4O3S. The fourth-order valence-corrected chi connectivity index (χ4v) is 3.80. The Hall–Kier alpha value is -3.39. The molecule has 8 heteroatoms. The van der Waals surface area contributed by atoms with Gasteiger partial charge in [-0.2, -0.15) is 0 Å². The van der Waals surface area contributed by atoms with E-state index in [1.807, 2.05) is 6.07 Å². The molecule has 0 aliphatic carbocycles. The van der Waals surface area contributed by atoms with Gasteiger partial charge in [-0.25, -0.2) is 9.97 Å². The lowest BCUT2D eigenvalue weighted by molar-refractivity contribution is -0.114. The zero-order valence-electron chi connectivity index (χ0n) is 16.9. The first kappa shape index (κ1) is 21.3. The number of aryl methyl sites for hydroxylation is 2. The molecular weight excluding hydrogens is 400 g/mol. The van der Waals surface area contributed by atoms with Crippen LogP contribution in [-0.2, 0) is 10.5 Å². The lowest BCUT2D eigenvalue weighted by Gasteiger charge is -2.12. The molecule has 0 unspecified atom stereocenters. The zero-order valence-corrected chi connectivity index (χ0v) is 17.7. The Labute approximate surface area is 179 Å². The van der Waals surface area contributed by atoms with Crippen molar-refractivity contribution < 1.29 is 14.7 Å². The molecule has 2 amide bonds. The van der Waals surface area contributed by atoms with Gasteiger partial charge in [0.1, 0.15) is 16.6 Å². The molecule has 2 aromatic heterocycles. The third kappa shape index (κ3) is 5.36. The van der Waals surface area contributed by atoms with E-state index < -0.39 is 0 Å². The van der Waals surface area contributed by atoms with Crippen LogP contribution >= 0.6 is 11.8 Å². The van der Waals surface area contributed by atoms with Crippen LogP contribution in [0.5, 0.6) is 5.75 Å². The number of thioether (sulfide) groups is 1. The van der Waals surface area contributed by atoms with Gasteiger partial charge < -0.3 is 15.7 Å². The maximum absolute atomic E-state index is 12.8. The summed E-state index contributed by atoms with van der Waals surface area (Å²) in [6.45, 7) is 5.00. The van der Waals surface area contributed by atoms with Gasteiger partial charge in [0.15, 0.2) is 0 Å². The minimum Gasteiger partial charge on any atom is -0.507 e. The van der Waals surface area contributed by atoms with E-state index >= 15 is 0 Å². The van der Waals surface area contributed by atoms with Crippen molar-refractivity contribution in [3.05, 3.63) is 71.0 Å². The number of hydrogen-bond acceptors (Lipinski definition) is 6. The van der Waals surface area contributed by atoms with E-state index in [1.54, 1.807) is 56.6 Å². The third-order valence-electron chi connectivity index (χ3n) is 4.27. The standard InChI is InChI=1S/C22H22N4O3S/c1-13-9-17(10-14(2)20(13)28)26-21(29)18-5-4-7-24-22(18)30-12-16-6-8-23-19(11-16)25-15(3)27/h4-11,28H,12H2,1-3H3,(H,26,29)(H,23,25,27). The van der Waals surface area contributed by atoms with E-state index in [0.29, 0.717) is 39.0 Å². The van der Waals surface area contributed by atoms with Crippen molar-refractivity contribution in [3.8, 4) is 5.75 Å². The van der Waals surface area contributed by atoms with E-state index in [2.05, 4.69) is 20.6 Å². The smallest absolute Gasteiger partial charge is 0.258 e. The molecule has 0 aliphatic rings. The highest BCUT2D eigenvalue weighted by molar-refractivity contribution is 7.98. The molecule has 0 bridgehead atoms. The average Bonchev–Trinajstić information content (AvgIpc) is 2.70. The first-order valence-electron chi connectivity index (χ1n) is 9.25. The monoisotopic (exact) mass is 422 g/mol. The maximum atomic E-state index is 12.8. The molecule has 1 aromatic carbocycles. The highest BCUT2D eigenvalue weighted by Crippen LogP contribution is 2.28. The van der Waals surface area contributed by atoms with Gasteiger partial charge >= 0.3 is 0 Å². The lowest BCUT2D eigenvalue weighted by Crippen LogP contribution is -2.14. The molecule has 0 atom stereocenters. The van der Waals surface area contributed by atoms with E-state index in [1.165, 1.54) is 18.7 Å². The molecule has 3 aromatic rings. The summed E-state index contributed by atoms with van der Waals surface area (Å²) in [5.41, 5.74) is 3.40. The van der Waals surface area contributed by atoms with Gasteiger partial charge in [-0.05, 0) is 66.9 Å². The predicted octanol–water partition coefficient (Wildman–Crippen LogP) is 4.30. The summed E-state index contributed by atoms with van der Waals surface area (Å²) >= 11 is 1.42. The summed E-state index contributed by atoms with van der Waals surface area (Å²) in [6, 6.07) is 10.5. The topological polar surface area (TPSA) is 104 Å². The molecule has 0 fully saturated rings. The van der Waals surface area contributed by atoms with E-state index in [4.69, 9.17) is 0 Å². The number of pyridine rings is 2. The Morgan fingerprint density at radius 3 is 2.47 bits per heavy atom. The van der Waals surface area contributed by atoms with Crippen molar-refractivity contribution in [1.29, 1.82) is 0 Å². The second kappa shape index (κ2) is 9.41. The van der Waals surface area contributed by atoms with Crippen LogP contribution in [0.3, 0.4) is 0 Å². The molecule has 7 nitrogen and oxygen atoms in total. The first-order chi connectivity index (χ1) is 14.3. The highest BCUT2D eigenvalue weighted by atomic mass is 32.2. The fourth-order valence-electron chi connectivity index (χ4n) is 2.87. The van der Waals surface area contributed by atoms with Gasteiger partial charge in [0.2, 0.25) is 5.91 Å². The van der Waals surface area contributed by atoms with Gasteiger partial charge in [-0.1, -0.05) is 0 Å². The third-order valence-corrected chi connectivity index (χ3v) is 5.35. The van der Waals surface area contributed by atoms with Crippen LogP contribution in [0.4, 0.5) is 11.5 Å². The van der Waals surface area contributed by atoms with Gasteiger partial charge in [0.05, 0.1) is 5.56 Å². The van der Waals surface area contributed by atoms with Crippen LogP contribution in [0, 0.1) is 13.8 Å². The number of hydrogen-bond donors (Lipinski definition) is 3. The number of nitrogens with one attached hydrogen (secondary N) is 2. The SMILES string of the molecule is CC(=O)Nc1cc(CSc2ncccc2C(=O)Nc2cc(C)c(O)c(C)c2)ccn1. The van der Waals surface area contributed by atoms with Gasteiger partial charge in [-0.3, -0.25) is 9.59 Å². The Kier molecular flexibility index (Phi) is 6.68. The van der Waals surface area contributed by atoms with E-state index in [-0.39, 0.29) is 17.6 Å². The second-order valence-electron chi connectivity index (χ2n) is 6.79. The van der Waals surface area contributed by atoms with Gasteiger partial charge in [-0.15, -0.1) is 11.8 Å². The van der Waals surface area contributed by atoms with Gasteiger partial charge in [0, 0.05) is 30.8 Å².